The third-order valence-corrected chi connectivity index (χ3v) is 5.92. The highest BCUT2D eigenvalue weighted by Gasteiger charge is 2.30. The lowest BCUT2D eigenvalue weighted by Gasteiger charge is -2.14. The highest BCUT2D eigenvalue weighted by atomic mass is 19.4. The van der Waals surface area contributed by atoms with Crippen LogP contribution in [0.3, 0.4) is 0 Å². The molecule has 2 aromatic carbocycles. The van der Waals surface area contributed by atoms with Crippen LogP contribution in [0.1, 0.15) is 34.5 Å². The minimum Gasteiger partial charge on any atom is -0.384 e. The Morgan fingerprint density at radius 3 is 2.46 bits per heavy atom. The number of pyridine rings is 1. The average Bonchev–Trinajstić information content (AvgIpc) is 3.33. The van der Waals surface area contributed by atoms with Gasteiger partial charge in [0.05, 0.1) is 17.1 Å². The van der Waals surface area contributed by atoms with Gasteiger partial charge >= 0.3 is 6.18 Å². The zero-order valence-electron chi connectivity index (χ0n) is 18.8. The number of aromatic nitrogens is 4. The summed E-state index contributed by atoms with van der Waals surface area (Å²) in [6, 6.07) is 13.3. The molecule has 0 saturated heterocycles. The Morgan fingerprint density at radius 2 is 1.80 bits per heavy atom. The van der Waals surface area contributed by atoms with E-state index in [9.17, 15) is 18.0 Å². The fourth-order valence-corrected chi connectivity index (χ4v) is 4.13. The van der Waals surface area contributed by atoms with E-state index in [2.05, 4.69) is 15.4 Å². The van der Waals surface area contributed by atoms with Crippen molar-refractivity contribution in [1.29, 1.82) is 0 Å². The Morgan fingerprint density at radius 1 is 1.06 bits per heavy atom. The van der Waals surface area contributed by atoms with Crippen molar-refractivity contribution in [3.05, 3.63) is 83.7 Å². The third-order valence-electron chi connectivity index (χ3n) is 5.92. The number of benzene rings is 2. The quantitative estimate of drug-likeness (QED) is 0.380. The fraction of sp³-hybridized carbons (Fsp3) is 0.160. The van der Waals surface area contributed by atoms with Gasteiger partial charge in [0.2, 0.25) is 0 Å². The van der Waals surface area contributed by atoms with Crippen molar-refractivity contribution in [3.63, 3.8) is 0 Å². The maximum atomic E-state index is 13.0. The van der Waals surface area contributed by atoms with E-state index in [-0.39, 0.29) is 11.9 Å². The van der Waals surface area contributed by atoms with Gasteiger partial charge in [-0.05, 0) is 61.0 Å². The monoisotopic (exact) mass is 478 g/mol. The first-order valence-corrected chi connectivity index (χ1v) is 10.8. The molecule has 3 N–H and O–H groups in total. The van der Waals surface area contributed by atoms with Crippen LogP contribution < -0.4 is 11.1 Å². The van der Waals surface area contributed by atoms with Crippen molar-refractivity contribution in [2.75, 3.05) is 5.73 Å². The van der Waals surface area contributed by atoms with Crippen LogP contribution in [0, 0.1) is 0 Å². The minimum atomic E-state index is -4.42. The summed E-state index contributed by atoms with van der Waals surface area (Å²) in [6.07, 6.45) is -0.977. The molecule has 0 bridgehead atoms. The van der Waals surface area contributed by atoms with Gasteiger partial charge in [-0.1, -0.05) is 6.07 Å². The number of rotatable bonds is 4. The highest BCUT2D eigenvalue weighted by Crippen LogP contribution is 2.34. The Labute approximate surface area is 198 Å². The van der Waals surface area contributed by atoms with Crippen molar-refractivity contribution in [2.45, 2.75) is 19.1 Å². The number of hydrogen-bond acceptors (Lipinski definition) is 4. The number of halogens is 3. The molecule has 0 radical (unpaired) electrons. The maximum Gasteiger partial charge on any atom is 0.416 e. The summed E-state index contributed by atoms with van der Waals surface area (Å²) >= 11 is 0. The molecule has 3 heterocycles. The molecule has 35 heavy (non-hydrogen) atoms. The number of hydrogen-bond donors (Lipinski definition) is 2. The number of nitrogens with zero attached hydrogens (tertiary/aromatic N) is 4. The molecule has 3 aromatic heterocycles. The number of amides is 1. The summed E-state index contributed by atoms with van der Waals surface area (Å²) in [6.45, 7) is 1.85. The Kier molecular flexibility index (Phi) is 5.23. The largest absolute Gasteiger partial charge is 0.416 e. The zero-order chi connectivity index (χ0) is 24.9. The van der Waals surface area contributed by atoms with Gasteiger partial charge in [-0.2, -0.15) is 18.3 Å². The SMILES string of the molecule is C[C@@H](NC(=O)c1ccc2c(c1)c1cn(C)nc1n2-c1ccc(C(F)(F)F)cc1)c1ccc(N)nc1. The van der Waals surface area contributed by atoms with Crippen LogP contribution in [-0.2, 0) is 13.2 Å². The number of aryl methyl sites for hydroxylation is 1. The molecule has 7 nitrogen and oxygen atoms in total. The molecule has 0 saturated carbocycles. The van der Waals surface area contributed by atoms with Crippen molar-refractivity contribution < 1.29 is 18.0 Å². The molecule has 1 atom stereocenters. The highest BCUT2D eigenvalue weighted by molar-refractivity contribution is 6.10. The van der Waals surface area contributed by atoms with Gasteiger partial charge in [0.1, 0.15) is 5.82 Å². The fourth-order valence-electron chi connectivity index (χ4n) is 4.13. The molecule has 0 aliphatic carbocycles. The summed E-state index contributed by atoms with van der Waals surface area (Å²) in [5, 5.41) is 9.01. The van der Waals surface area contributed by atoms with E-state index in [1.54, 1.807) is 52.8 Å². The number of carbonyl (C=O) groups is 1. The molecule has 10 heteroatoms. The topological polar surface area (TPSA) is 90.8 Å². The van der Waals surface area contributed by atoms with Crippen molar-refractivity contribution in [3.8, 4) is 5.69 Å². The van der Waals surface area contributed by atoms with Gasteiger partial charge in [-0.3, -0.25) is 14.0 Å². The second-order valence-corrected chi connectivity index (χ2v) is 8.36. The van der Waals surface area contributed by atoms with Crippen LogP contribution >= 0.6 is 0 Å². The number of nitrogens with two attached hydrogens (primary N) is 1. The molecule has 5 aromatic rings. The average molecular weight is 478 g/mol. The molecule has 1 amide bonds. The number of carbonyl (C=O) groups excluding carboxylic acids is 1. The maximum absolute atomic E-state index is 13.0. The first-order chi connectivity index (χ1) is 16.6. The summed E-state index contributed by atoms with van der Waals surface area (Å²) in [5.74, 6) is 0.131. The van der Waals surface area contributed by atoms with Gasteiger partial charge in [-0.25, -0.2) is 4.98 Å². The lowest BCUT2D eigenvalue weighted by molar-refractivity contribution is -0.137. The lowest BCUT2D eigenvalue weighted by Crippen LogP contribution is -2.26. The van der Waals surface area contributed by atoms with Gasteiger partial charge in [0.25, 0.3) is 5.91 Å². The molecule has 0 unspecified atom stereocenters. The van der Waals surface area contributed by atoms with E-state index in [4.69, 9.17) is 5.73 Å². The van der Waals surface area contributed by atoms with E-state index in [0.29, 0.717) is 22.7 Å². The van der Waals surface area contributed by atoms with Crippen LogP contribution in [0.5, 0.6) is 0 Å². The number of nitrogen functional groups attached to an aromatic ring is 1. The molecule has 0 fully saturated rings. The van der Waals surface area contributed by atoms with E-state index >= 15 is 0 Å². The second-order valence-electron chi connectivity index (χ2n) is 8.36. The molecule has 0 aliphatic rings. The summed E-state index contributed by atoms with van der Waals surface area (Å²) in [4.78, 5) is 17.1. The first-order valence-electron chi connectivity index (χ1n) is 10.8. The van der Waals surface area contributed by atoms with Gasteiger partial charge in [-0.15, -0.1) is 0 Å². The van der Waals surface area contributed by atoms with Crippen molar-refractivity contribution >= 4 is 33.7 Å². The smallest absolute Gasteiger partial charge is 0.384 e. The van der Waals surface area contributed by atoms with Crippen molar-refractivity contribution in [2.24, 2.45) is 7.05 Å². The van der Waals surface area contributed by atoms with Crippen LogP contribution in [0.4, 0.5) is 19.0 Å². The van der Waals surface area contributed by atoms with E-state index < -0.39 is 11.7 Å². The van der Waals surface area contributed by atoms with Crippen LogP contribution in [0.15, 0.2) is 67.0 Å². The van der Waals surface area contributed by atoms with Gasteiger partial charge < -0.3 is 11.1 Å². The third kappa shape index (κ3) is 4.07. The minimum absolute atomic E-state index is 0.268. The standard InChI is InChI=1S/C25H21F3N6O/c1-14(16-4-10-22(29)30-12-16)31-24(35)15-3-9-21-19(11-15)20-13-33(2)32-23(20)34(21)18-7-5-17(6-8-18)25(26,27)28/h3-14H,1-2H3,(H2,29,30)(H,31,35)/t14-/m1/s1. The first kappa shape index (κ1) is 22.5. The zero-order valence-corrected chi connectivity index (χ0v) is 18.8. The van der Waals surface area contributed by atoms with E-state index in [1.165, 1.54) is 12.1 Å². The Hall–Kier alpha value is -4.34. The van der Waals surface area contributed by atoms with Gasteiger partial charge in [0.15, 0.2) is 5.65 Å². The lowest BCUT2D eigenvalue weighted by atomic mass is 10.1. The van der Waals surface area contributed by atoms with E-state index in [1.807, 2.05) is 13.1 Å². The summed E-state index contributed by atoms with van der Waals surface area (Å²) < 4.78 is 42.5. The number of anilines is 1. The van der Waals surface area contributed by atoms with Crippen LogP contribution in [0.25, 0.3) is 27.6 Å². The van der Waals surface area contributed by atoms with Crippen molar-refractivity contribution in [1.82, 2.24) is 24.6 Å². The number of fused-ring (bicyclic) bond motifs is 3. The predicted octanol–water partition coefficient (Wildman–Crippen LogP) is 5.00. The van der Waals surface area contributed by atoms with E-state index in [0.717, 1.165) is 34.0 Å². The molecular weight excluding hydrogens is 457 g/mol. The second kappa shape index (κ2) is 8.15. The summed E-state index contributed by atoms with van der Waals surface area (Å²) in [5.41, 5.74) is 8.03. The van der Waals surface area contributed by atoms with Gasteiger partial charge in [0, 0.05) is 41.5 Å². The number of alkyl halides is 3. The van der Waals surface area contributed by atoms with Crippen LogP contribution in [0.2, 0.25) is 0 Å². The molecule has 0 spiro atoms. The molecule has 5 rings (SSSR count). The Balaban J connectivity index is 1.54. The predicted molar refractivity (Wildman–Crippen MR) is 127 cm³/mol. The van der Waals surface area contributed by atoms with Crippen LogP contribution in [-0.4, -0.2) is 25.2 Å². The normalized spacial score (nSPS) is 12.8. The summed E-state index contributed by atoms with van der Waals surface area (Å²) in [7, 11) is 1.77. The number of nitrogens with one attached hydrogen (secondary N) is 1. The Bertz CT molecular complexity index is 1550. The molecule has 178 valence electrons. The molecular formula is C25H21F3N6O. The molecule has 0 aliphatic heterocycles.